The number of hydrogen-bond acceptors (Lipinski definition) is 6. The van der Waals surface area contributed by atoms with E-state index in [9.17, 15) is 4.79 Å². The van der Waals surface area contributed by atoms with Gasteiger partial charge in [-0.25, -0.2) is 9.78 Å². The third-order valence-electron chi connectivity index (χ3n) is 3.14. The SMILES string of the molecule is CCOC(=O)C(CSc1ncn[nH]1)(NC)c1ccccc1. The second kappa shape index (κ2) is 7.24. The number of carbonyl (C=O) groups excluding carboxylic acids is 1. The minimum Gasteiger partial charge on any atom is -0.464 e. The highest BCUT2D eigenvalue weighted by Gasteiger charge is 2.40. The van der Waals surface area contributed by atoms with Crippen molar-refractivity contribution in [2.75, 3.05) is 19.4 Å². The second-order valence-electron chi connectivity index (χ2n) is 4.32. The first-order chi connectivity index (χ1) is 10.2. The summed E-state index contributed by atoms with van der Waals surface area (Å²) in [5.74, 6) is 0.146. The lowest BCUT2D eigenvalue weighted by Gasteiger charge is -2.31. The van der Waals surface area contributed by atoms with Crippen molar-refractivity contribution in [2.45, 2.75) is 17.6 Å². The van der Waals surface area contributed by atoms with E-state index in [1.807, 2.05) is 30.3 Å². The highest BCUT2D eigenvalue weighted by Crippen LogP contribution is 2.29. The topological polar surface area (TPSA) is 79.9 Å². The van der Waals surface area contributed by atoms with Crippen LogP contribution in [0.15, 0.2) is 41.8 Å². The number of hydrogen-bond donors (Lipinski definition) is 2. The number of aromatic amines is 1. The van der Waals surface area contributed by atoms with Crippen LogP contribution in [0.25, 0.3) is 0 Å². The standard InChI is InChI=1S/C14H18N4O2S/c1-3-20-12(19)14(15-2,11-7-5-4-6-8-11)9-21-13-16-10-17-18-13/h4-8,10,15H,3,9H2,1-2H3,(H,16,17,18). The Hall–Kier alpha value is -1.86. The van der Waals surface area contributed by atoms with Crippen molar-refractivity contribution in [3.05, 3.63) is 42.2 Å². The number of carbonyl (C=O) groups is 1. The van der Waals surface area contributed by atoms with E-state index in [-0.39, 0.29) is 5.97 Å². The maximum atomic E-state index is 12.5. The summed E-state index contributed by atoms with van der Waals surface area (Å²) in [5, 5.41) is 10.4. The molecule has 1 aromatic heterocycles. The number of esters is 1. The van der Waals surface area contributed by atoms with Gasteiger partial charge in [0.25, 0.3) is 0 Å². The Bertz CT molecular complexity index is 562. The van der Waals surface area contributed by atoms with Crippen molar-refractivity contribution in [1.29, 1.82) is 0 Å². The molecule has 1 atom stereocenters. The monoisotopic (exact) mass is 306 g/mol. The van der Waals surface area contributed by atoms with Crippen LogP contribution in [0.4, 0.5) is 0 Å². The third kappa shape index (κ3) is 3.43. The Morgan fingerprint density at radius 1 is 1.43 bits per heavy atom. The molecule has 21 heavy (non-hydrogen) atoms. The van der Waals surface area contributed by atoms with Crippen LogP contribution < -0.4 is 5.32 Å². The van der Waals surface area contributed by atoms with Gasteiger partial charge in [0.2, 0.25) is 0 Å². The van der Waals surface area contributed by atoms with Crippen molar-refractivity contribution in [1.82, 2.24) is 20.5 Å². The molecule has 0 saturated heterocycles. The van der Waals surface area contributed by atoms with Gasteiger partial charge < -0.3 is 10.1 Å². The quantitative estimate of drug-likeness (QED) is 0.597. The van der Waals surface area contributed by atoms with E-state index >= 15 is 0 Å². The van der Waals surface area contributed by atoms with E-state index in [0.29, 0.717) is 17.5 Å². The number of benzene rings is 1. The molecule has 6 nitrogen and oxygen atoms in total. The third-order valence-corrected chi connectivity index (χ3v) is 4.18. The highest BCUT2D eigenvalue weighted by atomic mass is 32.2. The van der Waals surface area contributed by atoms with Gasteiger partial charge in [0.1, 0.15) is 6.33 Å². The molecule has 2 rings (SSSR count). The van der Waals surface area contributed by atoms with Crippen LogP contribution in [-0.4, -0.2) is 40.6 Å². The molecule has 7 heteroatoms. The molecular formula is C14H18N4O2S. The summed E-state index contributed by atoms with van der Waals surface area (Å²) in [7, 11) is 1.75. The molecule has 0 aliphatic carbocycles. The summed E-state index contributed by atoms with van der Waals surface area (Å²) >= 11 is 1.42. The Kier molecular flexibility index (Phi) is 5.35. The van der Waals surface area contributed by atoms with E-state index in [1.165, 1.54) is 18.1 Å². The van der Waals surface area contributed by atoms with Gasteiger partial charge in [-0.05, 0) is 19.5 Å². The smallest absolute Gasteiger partial charge is 0.331 e. The molecule has 0 saturated carbocycles. The number of thioether (sulfide) groups is 1. The Balaban J connectivity index is 2.29. The predicted molar refractivity (Wildman–Crippen MR) is 80.9 cm³/mol. The van der Waals surface area contributed by atoms with Gasteiger partial charge in [0.15, 0.2) is 10.7 Å². The number of nitrogens with zero attached hydrogens (tertiary/aromatic N) is 2. The Morgan fingerprint density at radius 3 is 2.76 bits per heavy atom. The molecule has 0 spiro atoms. The van der Waals surface area contributed by atoms with E-state index in [0.717, 1.165) is 5.56 Å². The van der Waals surface area contributed by atoms with Crippen LogP contribution in [0.1, 0.15) is 12.5 Å². The molecule has 0 aliphatic rings. The van der Waals surface area contributed by atoms with Gasteiger partial charge >= 0.3 is 5.97 Å². The molecule has 0 bridgehead atoms. The first-order valence-corrected chi connectivity index (χ1v) is 7.61. The molecule has 0 aliphatic heterocycles. The lowest BCUT2D eigenvalue weighted by Crippen LogP contribution is -2.50. The zero-order chi connectivity index (χ0) is 15.1. The minimum absolute atomic E-state index is 0.300. The van der Waals surface area contributed by atoms with Crippen LogP contribution in [0.3, 0.4) is 0 Å². The minimum atomic E-state index is -0.922. The van der Waals surface area contributed by atoms with Crippen molar-refractivity contribution < 1.29 is 9.53 Å². The van der Waals surface area contributed by atoms with E-state index in [2.05, 4.69) is 20.5 Å². The number of rotatable bonds is 7. The molecule has 0 amide bonds. The van der Waals surface area contributed by atoms with Gasteiger partial charge in [-0.3, -0.25) is 5.10 Å². The largest absolute Gasteiger partial charge is 0.464 e. The number of aromatic nitrogens is 3. The van der Waals surface area contributed by atoms with Gasteiger partial charge in [-0.2, -0.15) is 5.10 Å². The van der Waals surface area contributed by atoms with Crippen LogP contribution in [0.2, 0.25) is 0 Å². The summed E-state index contributed by atoms with van der Waals surface area (Å²) < 4.78 is 5.26. The molecule has 2 aromatic rings. The molecule has 0 radical (unpaired) electrons. The summed E-state index contributed by atoms with van der Waals surface area (Å²) in [6, 6.07) is 9.54. The van der Waals surface area contributed by atoms with Crippen LogP contribution >= 0.6 is 11.8 Å². The lowest BCUT2D eigenvalue weighted by atomic mass is 9.92. The average molecular weight is 306 g/mol. The molecular weight excluding hydrogens is 288 g/mol. The highest BCUT2D eigenvalue weighted by molar-refractivity contribution is 7.99. The van der Waals surface area contributed by atoms with Crippen molar-refractivity contribution in [2.24, 2.45) is 0 Å². The second-order valence-corrected chi connectivity index (χ2v) is 5.29. The zero-order valence-electron chi connectivity index (χ0n) is 12.0. The summed E-state index contributed by atoms with van der Waals surface area (Å²) in [6.07, 6.45) is 1.44. The zero-order valence-corrected chi connectivity index (χ0v) is 12.8. The fourth-order valence-electron chi connectivity index (χ4n) is 2.00. The summed E-state index contributed by atoms with van der Waals surface area (Å²) in [6.45, 7) is 2.13. The van der Waals surface area contributed by atoms with Gasteiger partial charge in [-0.1, -0.05) is 42.1 Å². The summed E-state index contributed by atoms with van der Waals surface area (Å²) in [4.78, 5) is 16.6. The number of H-pyrrole nitrogens is 1. The van der Waals surface area contributed by atoms with Crippen LogP contribution in [-0.2, 0) is 15.1 Å². The van der Waals surface area contributed by atoms with Crippen LogP contribution in [0.5, 0.6) is 0 Å². The fraction of sp³-hybridized carbons (Fsp3) is 0.357. The Labute approximate surface area is 127 Å². The normalized spacial score (nSPS) is 13.6. The molecule has 1 heterocycles. The number of nitrogens with one attached hydrogen (secondary N) is 2. The van der Waals surface area contributed by atoms with Crippen molar-refractivity contribution in [3.8, 4) is 0 Å². The fourth-order valence-corrected chi connectivity index (χ4v) is 3.02. The van der Waals surface area contributed by atoms with E-state index < -0.39 is 5.54 Å². The van der Waals surface area contributed by atoms with Crippen molar-refractivity contribution in [3.63, 3.8) is 0 Å². The molecule has 112 valence electrons. The molecule has 0 fully saturated rings. The van der Waals surface area contributed by atoms with E-state index in [1.54, 1.807) is 14.0 Å². The maximum absolute atomic E-state index is 12.5. The van der Waals surface area contributed by atoms with E-state index in [4.69, 9.17) is 4.74 Å². The lowest BCUT2D eigenvalue weighted by molar-refractivity contribution is -0.150. The molecule has 1 aromatic carbocycles. The first kappa shape index (κ1) is 15.5. The van der Waals surface area contributed by atoms with Crippen LogP contribution in [0, 0.1) is 0 Å². The average Bonchev–Trinajstić information content (AvgIpc) is 3.03. The Morgan fingerprint density at radius 2 is 2.19 bits per heavy atom. The number of ether oxygens (including phenoxy) is 1. The van der Waals surface area contributed by atoms with Gasteiger partial charge in [-0.15, -0.1) is 0 Å². The van der Waals surface area contributed by atoms with Crippen molar-refractivity contribution >= 4 is 17.7 Å². The summed E-state index contributed by atoms with van der Waals surface area (Å²) in [5.41, 5.74) is -0.0627. The first-order valence-electron chi connectivity index (χ1n) is 6.62. The van der Waals surface area contributed by atoms with Gasteiger partial charge in [0.05, 0.1) is 6.61 Å². The van der Waals surface area contributed by atoms with Gasteiger partial charge in [0, 0.05) is 5.75 Å². The number of likely N-dealkylation sites (N-methyl/N-ethyl adjacent to an activating group) is 1. The maximum Gasteiger partial charge on any atom is 0.331 e. The predicted octanol–water partition coefficient (Wildman–Crippen LogP) is 1.57. The molecule has 2 N–H and O–H groups in total. The molecule has 1 unspecified atom stereocenters.